The molecule has 3 aromatic heterocycles. The van der Waals surface area contributed by atoms with Crippen LogP contribution in [0.15, 0.2) is 61.3 Å². The lowest BCUT2D eigenvalue weighted by atomic mass is 10.2. The third-order valence-corrected chi connectivity index (χ3v) is 2.54. The number of nitrogens with one attached hydrogen (secondary N) is 1. The van der Waals surface area contributed by atoms with E-state index in [1.54, 1.807) is 31.0 Å². The normalized spacial score (nSPS) is 10.1. The second-order valence-corrected chi connectivity index (χ2v) is 3.86. The van der Waals surface area contributed by atoms with Crippen LogP contribution in [0.3, 0.4) is 0 Å². The van der Waals surface area contributed by atoms with E-state index < -0.39 is 0 Å². The van der Waals surface area contributed by atoms with E-state index in [0.29, 0.717) is 5.82 Å². The van der Waals surface area contributed by atoms with Gasteiger partial charge in [-0.2, -0.15) is 0 Å². The molecule has 5 heteroatoms. The van der Waals surface area contributed by atoms with Crippen LogP contribution in [0.5, 0.6) is 0 Å². The molecule has 0 fully saturated rings. The predicted molar refractivity (Wildman–Crippen MR) is 72.8 cm³/mol. The first kappa shape index (κ1) is 11.3. The molecule has 3 rings (SSSR count). The number of hydrogen-bond donors (Lipinski definition) is 1. The van der Waals surface area contributed by atoms with Crippen LogP contribution in [0.25, 0.3) is 11.3 Å². The largest absolute Gasteiger partial charge is 0.324 e. The van der Waals surface area contributed by atoms with Gasteiger partial charge in [0.1, 0.15) is 11.6 Å². The van der Waals surface area contributed by atoms with E-state index in [1.807, 2.05) is 30.3 Å². The minimum Gasteiger partial charge on any atom is -0.324 e. The first-order valence-corrected chi connectivity index (χ1v) is 5.82. The Morgan fingerprint density at radius 2 is 1.68 bits per heavy atom. The highest BCUT2D eigenvalue weighted by molar-refractivity contribution is 5.62. The van der Waals surface area contributed by atoms with Crippen LogP contribution in [0.1, 0.15) is 0 Å². The lowest BCUT2D eigenvalue weighted by Gasteiger charge is -2.06. The van der Waals surface area contributed by atoms with Gasteiger partial charge in [0.25, 0.3) is 0 Å². The average molecular weight is 249 g/mol. The quantitative estimate of drug-likeness (QED) is 0.773. The van der Waals surface area contributed by atoms with Gasteiger partial charge >= 0.3 is 0 Å². The number of anilines is 2. The zero-order valence-corrected chi connectivity index (χ0v) is 10.1. The van der Waals surface area contributed by atoms with E-state index in [1.165, 1.54) is 0 Å². The van der Waals surface area contributed by atoms with Crippen LogP contribution in [0.4, 0.5) is 11.6 Å². The van der Waals surface area contributed by atoms with Crippen molar-refractivity contribution in [3.63, 3.8) is 0 Å². The zero-order chi connectivity index (χ0) is 12.9. The van der Waals surface area contributed by atoms with Gasteiger partial charge in [0.15, 0.2) is 0 Å². The van der Waals surface area contributed by atoms with Crippen LogP contribution in [0, 0.1) is 0 Å². The second kappa shape index (κ2) is 5.22. The molecule has 0 radical (unpaired) electrons. The molecule has 5 nitrogen and oxygen atoms in total. The molecule has 19 heavy (non-hydrogen) atoms. The Morgan fingerprint density at radius 3 is 2.47 bits per heavy atom. The van der Waals surface area contributed by atoms with Gasteiger partial charge in [-0.15, -0.1) is 0 Å². The third-order valence-electron chi connectivity index (χ3n) is 2.54. The SMILES string of the molecule is c1cc(Nc2cnccn2)nc(-c2ccncc2)c1. The van der Waals surface area contributed by atoms with Crippen molar-refractivity contribution in [2.45, 2.75) is 0 Å². The molecule has 1 N–H and O–H groups in total. The number of aromatic nitrogens is 4. The molecule has 0 aliphatic heterocycles. The number of rotatable bonds is 3. The molecule has 3 aromatic rings. The van der Waals surface area contributed by atoms with E-state index in [4.69, 9.17) is 0 Å². The molecule has 92 valence electrons. The van der Waals surface area contributed by atoms with Gasteiger partial charge < -0.3 is 5.32 Å². The van der Waals surface area contributed by atoms with Crippen LogP contribution in [0.2, 0.25) is 0 Å². The molecule has 0 amide bonds. The topological polar surface area (TPSA) is 63.6 Å². The molecule has 0 saturated carbocycles. The van der Waals surface area contributed by atoms with Crippen LogP contribution in [-0.2, 0) is 0 Å². The first-order chi connectivity index (χ1) is 9.42. The fourth-order valence-corrected chi connectivity index (χ4v) is 1.68. The van der Waals surface area contributed by atoms with Crippen molar-refractivity contribution in [3.8, 4) is 11.3 Å². The lowest BCUT2D eigenvalue weighted by Crippen LogP contribution is -1.97. The summed E-state index contributed by atoms with van der Waals surface area (Å²) in [5.41, 5.74) is 1.91. The van der Waals surface area contributed by atoms with Crippen molar-refractivity contribution in [3.05, 3.63) is 61.3 Å². The van der Waals surface area contributed by atoms with Crippen LogP contribution in [-0.4, -0.2) is 19.9 Å². The molecule has 0 unspecified atom stereocenters. The van der Waals surface area contributed by atoms with Crippen LogP contribution < -0.4 is 5.32 Å². The molecule has 0 saturated heterocycles. The fraction of sp³-hybridized carbons (Fsp3) is 0. The van der Waals surface area contributed by atoms with E-state index in [2.05, 4.69) is 25.3 Å². The zero-order valence-electron chi connectivity index (χ0n) is 10.1. The van der Waals surface area contributed by atoms with E-state index in [9.17, 15) is 0 Å². The highest BCUT2D eigenvalue weighted by Crippen LogP contribution is 2.19. The van der Waals surface area contributed by atoms with Gasteiger partial charge in [0.2, 0.25) is 0 Å². The number of nitrogens with zero attached hydrogens (tertiary/aromatic N) is 4. The van der Waals surface area contributed by atoms with Gasteiger partial charge in [-0.1, -0.05) is 6.07 Å². The molecule has 0 spiro atoms. The van der Waals surface area contributed by atoms with Gasteiger partial charge in [-0.3, -0.25) is 9.97 Å². The maximum Gasteiger partial charge on any atom is 0.150 e. The highest BCUT2D eigenvalue weighted by atomic mass is 15.1. The summed E-state index contributed by atoms with van der Waals surface area (Å²) in [6.07, 6.45) is 8.42. The highest BCUT2D eigenvalue weighted by Gasteiger charge is 2.01. The Bertz CT molecular complexity index is 655. The molecule has 0 atom stereocenters. The van der Waals surface area contributed by atoms with Crippen molar-refractivity contribution in [2.75, 3.05) is 5.32 Å². The Balaban J connectivity index is 1.89. The first-order valence-electron chi connectivity index (χ1n) is 5.82. The second-order valence-electron chi connectivity index (χ2n) is 3.86. The molecule has 0 aliphatic carbocycles. The lowest BCUT2D eigenvalue weighted by molar-refractivity contribution is 1.18. The van der Waals surface area contributed by atoms with Crippen molar-refractivity contribution in [1.82, 2.24) is 19.9 Å². The van der Waals surface area contributed by atoms with Gasteiger partial charge in [-0.25, -0.2) is 9.97 Å². The maximum absolute atomic E-state index is 4.53. The number of hydrogen-bond acceptors (Lipinski definition) is 5. The van der Waals surface area contributed by atoms with Crippen molar-refractivity contribution < 1.29 is 0 Å². The minimum absolute atomic E-state index is 0.668. The summed E-state index contributed by atoms with van der Waals surface area (Å²) in [5.74, 6) is 1.40. The van der Waals surface area contributed by atoms with Crippen LogP contribution >= 0.6 is 0 Å². The Labute approximate surface area is 110 Å². The fourth-order valence-electron chi connectivity index (χ4n) is 1.68. The van der Waals surface area contributed by atoms with Crippen molar-refractivity contribution >= 4 is 11.6 Å². The molecule has 0 bridgehead atoms. The molecule has 0 aliphatic rings. The summed E-state index contributed by atoms with van der Waals surface area (Å²) < 4.78 is 0. The summed E-state index contributed by atoms with van der Waals surface area (Å²) >= 11 is 0. The Kier molecular flexibility index (Phi) is 3.10. The van der Waals surface area contributed by atoms with E-state index in [0.717, 1.165) is 17.1 Å². The monoisotopic (exact) mass is 249 g/mol. The summed E-state index contributed by atoms with van der Waals surface area (Å²) in [4.78, 5) is 16.7. The molecule has 0 aromatic carbocycles. The Hall–Kier alpha value is -2.82. The van der Waals surface area contributed by atoms with E-state index in [-0.39, 0.29) is 0 Å². The van der Waals surface area contributed by atoms with Gasteiger partial charge in [0.05, 0.1) is 11.9 Å². The van der Waals surface area contributed by atoms with Gasteiger partial charge in [-0.05, 0) is 24.3 Å². The van der Waals surface area contributed by atoms with Crippen molar-refractivity contribution in [1.29, 1.82) is 0 Å². The maximum atomic E-state index is 4.53. The molecular weight excluding hydrogens is 238 g/mol. The minimum atomic E-state index is 0.668. The van der Waals surface area contributed by atoms with E-state index >= 15 is 0 Å². The van der Waals surface area contributed by atoms with Gasteiger partial charge in [0, 0.05) is 30.4 Å². The van der Waals surface area contributed by atoms with Crippen molar-refractivity contribution in [2.24, 2.45) is 0 Å². The number of pyridine rings is 2. The standard InChI is InChI=1S/C14H11N5/c1-2-12(11-4-6-15-7-5-11)18-13(3-1)19-14-10-16-8-9-17-14/h1-10H,(H,17,18,19). The summed E-state index contributed by atoms with van der Waals surface area (Å²) in [6, 6.07) is 9.64. The third kappa shape index (κ3) is 2.71. The smallest absolute Gasteiger partial charge is 0.150 e. The average Bonchev–Trinajstić information content (AvgIpc) is 2.49. The molecule has 3 heterocycles. The Morgan fingerprint density at radius 1 is 0.789 bits per heavy atom. The summed E-state index contributed by atoms with van der Waals surface area (Å²) in [5, 5.41) is 3.11. The summed E-state index contributed by atoms with van der Waals surface area (Å²) in [7, 11) is 0. The molecular formula is C14H11N5. The predicted octanol–water partition coefficient (Wildman–Crippen LogP) is 2.68. The summed E-state index contributed by atoms with van der Waals surface area (Å²) in [6.45, 7) is 0.